The number of piperidine rings is 1. The smallest absolute Gasteiger partial charge is 0.115 e. The van der Waals surface area contributed by atoms with Crippen LogP contribution in [0.5, 0.6) is 5.75 Å². The summed E-state index contributed by atoms with van der Waals surface area (Å²) in [6.45, 7) is 4.53. The standard InChI is InChI=1S/C22H31NO3/c1-14-9-18(25)12-21-7-8-23(13-15-3-4-15)20(22(14,21)26-2)10-16-5-6-17(24)11-19(16)21/h5-6,11,14-15,18,20,24-25H,3-4,7-10,12-13H2,1-2H3/t14?,18?,20-,21-,22-/m1/s1. The van der Waals surface area contributed by atoms with Gasteiger partial charge in [-0.05, 0) is 80.2 Å². The molecule has 5 atom stereocenters. The Morgan fingerprint density at radius 3 is 2.85 bits per heavy atom. The van der Waals surface area contributed by atoms with E-state index in [1.54, 1.807) is 0 Å². The Balaban J connectivity index is 1.70. The van der Waals surface area contributed by atoms with Gasteiger partial charge in [0.25, 0.3) is 0 Å². The first-order chi connectivity index (χ1) is 12.5. The predicted molar refractivity (Wildman–Crippen MR) is 100 cm³/mol. The lowest BCUT2D eigenvalue weighted by Crippen LogP contribution is -2.76. The van der Waals surface area contributed by atoms with Gasteiger partial charge in [0.1, 0.15) is 5.75 Å². The van der Waals surface area contributed by atoms with Crippen LogP contribution in [-0.2, 0) is 16.6 Å². The van der Waals surface area contributed by atoms with Crippen LogP contribution >= 0.6 is 0 Å². The Morgan fingerprint density at radius 1 is 1.31 bits per heavy atom. The van der Waals surface area contributed by atoms with Gasteiger partial charge in [-0.2, -0.15) is 0 Å². The van der Waals surface area contributed by atoms with Gasteiger partial charge in [0.15, 0.2) is 0 Å². The number of ether oxygens (including phenoxy) is 1. The molecule has 1 aliphatic heterocycles. The summed E-state index contributed by atoms with van der Waals surface area (Å²) in [5, 5.41) is 20.9. The van der Waals surface area contributed by atoms with E-state index in [0.717, 1.165) is 38.1 Å². The highest BCUT2D eigenvalue weighted by Gasteiger charge is 2.68. The van der Waals surface area contributed by atoms with E-state index in [-0.39, 0.29) is 17.1 Å². The Kier molecular flexibility index (Phi) is 3.73. The summed E-state index contributed by atoms with van der Waals surface area (Å²) in [6.07, 6.45) is 5.98. The van der Waals surface area contributed by atoms with E-state index in [1.165, 1.54) is 30.5 Å². The monoisotopic (exact) mass is 357 g/mol. The number of likely N-dealkylation sites (tertiary alicyclic amines) is 1. The molecule has 3 aliphatic carbocycles. The van der Waals surface area contributed by atoms with Gasteiger partial charge < -0.3 is 14.9 Å². The molecule has 5 rings (SSSR count). The van der Waals surface area contributed by atoms with Crippen LogP contribution in [0.4, 0.5) is 0 Å². The van der Waals surface area contributed by atoms with E-state index < -0.39 is 0 Å². The summed E-state index contributed by atoms with van der Waals surface area (Å²) in [5.41, 5.74) is 2.09. The molecule has 3 fully saturated rings. The molecule has 1 aromatic carbocycles. The molecule has 1 heterocycles. The second-order valence-corrected chi connectivity index (χ2v) is 9.32. The van der Waals surface area contributed by atoms with Crippen molar-refractivity contribution in [3.8, 4) is 5.75 Å². The van der Waals surface area contributed by atoms with Gasteiger partial charge in [0.2, 0.25) is 0 Å². The van der Waals surface area contributed by atoms with Crippen molar-refractivity contribution in [2.75, 3.05) is 20.2 Å². The van der Waals surface area contributed by atoms with Crippen molar-refractivity contribution in [2.45, 2.75) is 68.6 Å². The lowest BCUT2D eigenvalue weighted by Gasteiger charge is -2.68. The topological polar surface area (TPSA) is 52.9 Å². The molecule has 2 unspecified atom stereocenters. The maximum absolute atomic E-state index is 10.7. The number of fused-ring (bicyclic) bond motifs is 1. The molecule has 0 radical (unpaired) electrons. The van der Waals surface area contributed by atoms with Crippen LogP contribution < -0.4 is 0 Å². The zero-order valence-electron chi connectivity index (χ0n) is 15.9. The minimum absolute atomic E-state index is 0.199. The van der Waals surface area contributed by atoms with Crippen LogP contribution in [0.1, 0.15) is 50.2 Å². The minimum Gasteiger partial charge on any atom is -0.508 e. The van der Waals surface area contributed by atoms with E-state index in [4.69, 9.17) is 4.74 Å². The summed E-state index contributed by atoms with van der Waals surface area (Å²) in [6, 6.07) is 6.24. The summed E-state index contributed by atoms with van der Waals surface area (Å²) in [5.74, 6) is 1.48. The molecule has 0 spiro atoms. The van der Waals surface area contributed by atoms with Crippen LogP contribution in [0, 0.1) is 11.8 Å². The average Bonchev–Trinajstić information content (AvgIpc) is 3.42. The van der Waals surface area contributed by atoms with E-state index in [1.807, 2.05) is 19.2 Å². The largest absolute Gasteiger partial charge is 0.508 e. The first-order valence-corrected chi connectivity index (χ1v) is 10.3. The van der Waals surface area contributed by atoms with Crippen LogP contribution in [0.3, 0.4) is 0 Å². The number of hydrogen-bond donors (Lipinski definition) is 2. The quantitative estimate of drug-likeness (QED) is 0.873. The highest BCUT2D eigenvalue weighted by Crippen LogP contribution is 2.62. The average molecular weight is 357 g/mol. The van der Waals surface area contributed by atoms with Gasteiger partial charge in [-0.3, -0.25) is 4.90 Å². The first kappa shape index (κ1) is 17.0. The molecular weight excluding hydrogens is 326 g/mol. The summed E-state index contributed by atoms with van der Waals surface area (Å²) < 4.78 is 6.50. The fourth-order valence-electron chi connectivity index (χ4n) is 6.92. The molecule has 2 saturated carbocycles. The van der Waals surface area contributed by atoms with E-state index in [2.05, 4.69) is 17.9 Å². The highest BCUT2D eigenvalue weighted by molar-refractivity contribution is 5.49. The fraction of sp³-hybridized carbons (Fsp3) is 0.727. The van der Waals surface area contributed by atoms with Crippen molar-refractivity contribution in [1.82, 2.24) is 4.90 Å². The fourth-order valence-corrected chi connectivity index (χ4v) is 6.92. The molecule has 1 saturated heterocycles. The van der Waals surface area contributed by atoms with Crippen molar-refractivity contribution < 1.29 is 14.9 Å². The third-order valence-corrected chi connectivity index (χ3v) is 8.00. The number of nitrogens with zero attached hydrogens (tertiary/aromatic N) is 1. The molecular formula is C22H31NO3. The summed E-state index contributed by atoms with van der Waals surface area (Å²) in [4.78, 5) is 2.70. The molecule has 2 N–H and O–H groups in total. The van der Waals surface area contributed by atoms with Crippen LogP contribution in [0.2, 0.25) is 0 Å². The van der Waals surface area contributed by atoms with Gasteiger partial charge >= 0.3 is 0 Å². The highest BCUT2D eigenvalue weighted by atomic mass is 16.5. The third-order valence-electron chi connectivity index (χ3n) is 8.00. The lowest BCUT2D eigenvalue weighted by molar-refractivity contribution is -0.225. The Labute approximate surface area is 156 Å². The van der Waals surface area contributed by atoms with Gasteiger partial charge in [-0.15, -0.1) is 0 Å². The molecule has 26 heavy (non-hydrogen) atoms. The zero-order valence-corrected chi connectivity index (χ0v) is 15.9. The zero-order chi connectivity index (χ0) is 18.1. The molecule has 4 aliphatic rings. The molecule has 0 aromatic heterocycles. The molecule has 4 nitrogen and oxygen atoms in total. The first-order valence-electron chi connectivity index (χ1n) is 10.3. The van der Waals surface area contributed by atoms with Crippen molar-refractivity contribution in [3.63, 3.8) is 0 Å². The summed E-state index contributed by atoms with van der Waals surface area (Å²) >= 11 is 0. The Bertz CT molecular complexity index is 717. The van der Waals surface area contributed by atoms with Gasteiger partial charge in [-0.25, -0.2) is 0 Å². The Hall–Kier alpha value is -1.10. The third kappa shape index (κ3) is 2.12. The maximum Gasteiger partial charge on any atom is 0.115 e. The second-order valence-electron chi connectivity index (χ2n) is 9.32. The van der Waals surface area contributed by atoms with E-state index in [9.17, 15) is 10.2 Å². The normalized spacial score (nSPS) is 42.2. The van der Waals surface area contributed by atoms with Crippen molar-refractivity contribution in [3.05, 3.63) is 29.3 Å². The minimum atomic E-state index is -0.294. The second kappa shape index (κ2) is 5.70. The molecule has 142 valence electrons. The molecule has 4 heteroatoms. The number of phenols is 1. The number of rotatable bonds is 3. The molecule has 2 bridgehead atoms. The van der Waals surface area contributed by atoms with E-state index >= 15 is 0 Å². The van der Waals surface area contributed by atoms with Crippen LogP contribution in [0.15, 0.2) is 18.2 Å². The number of methoxy groups -OCH3 is 1. The number of hydrogen-bond acceptors (Lipinski definition) is 4. The van der Waals surface area contributed by atoms with Gasteiger partial charge in [0.05, 0.1) is 11.7 Å². The van der Waals surface area contributed by atoms with Gasteiger partial charge in [0, 0.05) is 25.1 Å². The number of aliphatic hydroxyl groups is 1. The van der Waals surface area contributed by atoms with Crippen LogP contribution in [0.25, 0.3) is 0 Å². The number of phenolic OH excluding ortho intramolecular Hbond substituents is 1. The van der Waals surface area contributed by atoms with Crippen molar-refractivity contribution in [1.29, 1.82) is 0 Å². The molecule has 0 amide bonds. The number of aromatic hydroxyl groups is 1. The lowest BCUT2D eigenvalue weighted by atomic mass is 9.46. The van der Waals surface area contributed by atoms with Crippen LogP contribution in [-0.4, -0.2) is 53.1 Å². The van der Waals surface area contributed by atoms with E-state index in [0.29, 0.717) is 17.7 Å². The maximum atomic E-state index is 10.7. The molecule has 1 aromatic rings. The number of aliphatic hydroxyl groups excluding tert-OH is 1. The SMILES string of the molecule is CO[C@@]12C(C)CC(O)C[C@@]13CCN(CC1CC1)[C@@H]2Cc1ccc(O)cc13. The number of benzene rings is 1. The predicted octanol–water partition coefficient (Wildman–Crippen LogP) is 2.85. The Morgan fingerprint density at radius 2 is 2.12 bits per heavy atom. The summed E-state index contributed by atoms with van der Waals surface area (Å²) in [7, 11) is 1.88. The van der Waals surface area contributed by atoms with Gasteiger partial charge in [-0.1, -0.05) is 13.0 Å². The van der Waals surface area contributed by atoms with Crippen molar-refractivity contribution >= 4 is 0 Å². The van der Waals surface area contributed by atoms with Crippen molar-refractivity contribution in [2.24, 2.45) is 11.8 Å².